The fraction of sp³-hybridized carbons (Fsp3) is 0.628. The number of aliphatic hydroxyl groups excluding tert-OH is 8. The topological polar surface area (TPSA) is 228 Å². The molecule has 0 aromatic carbocycles. The number of amides is 1. The second-order valence-corrected chi connectivity index (χ2v) is 23.9. The summed E-state index contributed by atoms with van der Waals surface area (Å²) in [6.07, 6.45) is 76.9. The minimum absolute atomic E-state index is 0.207. The molecule has 14 nitrogen and oxygen atoms in total. The fourth-order valence-corrected chi connectivity index (χ4v) is 10.3. The van der Waals surface area contributed by atoms with E-state index in [9.17, 15) is 45.6 Å². The number of hydrogen-bond donors (Lipinski definition) is 9. The van der Waals surface area contributed by atoms with E-state index in [1.807, 2.05) is 6.08 Å². The molecule has 0 aromatic rings. The Labute approximate surface area is 556 Å². The van der Waals surface area contributed by atoms with Crippen LogP contribution in [0, 0.1) is 0 Å². The maximum atomic E-state index is 13.3. The van der Waals surface area contributed by atoms with E-state index in [0.29, 0.717) is 12.8 Å². The molecule has 2 aliphatic heterocycles. The first kappa shape index (κ1) is 83.4. The van der Waals surface area contributed by atoms with Crippen molar-refractivity contribution in [2.24, 2.45) is 0 Å². The van der Waals surface area contributed by atoms with Crippen LogP contribution in [0.25, 0.3) is 0 Å². The number of aliphatic hydroxyl groups is 8. The molecule has 12 atom stereocenters. The van der Waals surface area contributed by atoms with Crippen molar-refractivity contribution in [1.82, 2.24) is 5.32 Å². The smallest absolute Gasteiger partial charge is 0.220 e. The zero-order chi connectivity index (χ0) is 66.6. The van der Waals surface area contributed by atoms with Gasteiger partial charge in [0.15, 0.2) is 12.6 Å². The van der Waals surface area contributed by atoms with E-state index in [1.54, 1.807) is 6.08 Å². The van der Waals surface area contributed by atoms with Gasteiger partial charge < -0.3 is 65.1 Å². The average Bonchev–Trinajstić information content (AvgIpc) is 1.05. The zero-order valence-corrected chi connectivity index (χ0v) is 56.5. The Balaban J connectivity index is 1.70. The summed E-state index contributed by atoms with van der Waals surface area (Å²) < 4.78 is 22.8. The van der Waals surface area contributed by atoms with Crippen molar-refractivity contribution in [3.63, 3.8) is 0 Å². The zero-order valence-electron chi connectivity index (χ0n) is 56.5. The number of nitrogens with one attached hydrogen (secondary N) is 1. The van der Waals surface area contributed by atoms with Gasteiger partial charge in [-0.25, -0.2) is 0 Å². The first-order valence-electron chi connectivity index (χ1n) is 35.4. The summed E-state index contributed by atoms with van der Waals surface area (Å²) in [5, 5.41) is 87.3. The number of hydrogen-bond acceptors (Lipinski definition) is 13. The van der Waals surface area contributed by atoms with Crippen molar-refractivity contribution in [2.75, 3.05) is 19.8 Å². The second kappa shape index (κ2) is 60.0. The second-order valence-electron chi connectivity index (χ2n) is 23.9. The number of carbonyl (C=O) groups is 1. The first-order valence-corrected chi connectivity index (χ1v) is 35.4. The minimum Gasteiger partial charge on any atom is -0.394 e. The molecule has 2 aliphatic rings. The molecule has 0 aliphatic carbocycles. The van der Waals surface area contributed by atoms with E-state index in [2.05, 4.69) is 177 Å². The Hall–Kier alpha value is -4.65. The SMILES string of the molecule is CC/C=C\C/C=C\C/C=C\C/C=C\C/C=C\C/C=C\C/C=C\C/C=C\C/C=C\C/C=C\C/C=C\C/C=C\CCCCC(=O)NC(COC1OC(CO)C(OC2OC(CO)C(O)C(O)C2O)C(O)C1O)C(O)/C=C/CC/C=C/CCCCCCCCCCCCCCC. The van der Waals surface area contributed by atoms with E-state index >= 15 is 0 Å². The van der Waals surface area contributed by atoms with Crippen LogP contribution in [0.4, 0.5) is 0 Å². The lowest BCUT2D eigenvalue weighted by Crippen LogP contribution is -2.65. The molecule has 2 heterocycles. The van der Waals surface area contributed by atoms with Crippen molar-refractivity contribution in [3.05, 3.63) is 170 Å². The standard InChI is InChI=1S/C78H125NO13/c1-3-5-7-9-11-13-15-17-19-21-23-24-25-26-27-28-29-30-31-32-33-34-35-36-37-38-39-40-41-42-44-46-48-50-52-54-56-58-60-62-70(83)79-66(67(82)61-59-57-55-53-51-49-47-45-43-22-20-18-16-14-12-10-8-6-4-2)65-89-77-75(88)73(86)76(69(64-81)91-77)92-78-74(87)72(85)71(84)68(63-80)90-78/h5,7,11,13,17,19,23-24,26-27,29-30,32-33,35-36,38-39,41-42,46,48,51-54,59,61,66-69,71-78,80-82,84-88H,3-4,6,8-10,12,14-16,18,20-22,25,28,31,34,37,40,43-45,47,49-50,55-58,60,62-65H2,1-2H3,(H,79,83)/b7-5-,13-11-,19-17-,24-23-,27-26-,30-29-,33-32-,36-35-,39-38-,42-41-,48-46-,53-51+,54-52-,61-59+. The number of unbranched alkanes of at least 4 members (excludes halogenated alkanes) is 16. The van der Waals surface area contributed by atoms with Gasteiger partial charge in [-0.15, -0.1) is 0 Å². The predicted molar refractivity (Wildman–Crippen MR) is 377 cm³/mol. The molecule has 0 radical (unpaired) electrons. The molecule has 1 amide bonds. The van der Waals surface area contributed by atoms with Crippen LogP contribution >= 0.6 is 0 Å². The third-order valence-electron chi connectivity index (χ3n) is 15.9. The molecular weight excluding hydrogens is 1160 g/mol. The van der Waals surface area contributed by atoms with Crippen LogP contribution in [0.2, 0.25) is 0 Å². The summed E-state index contributed by atoms with van der Waals surface area (Å²) in [4.78, 5) is 13.3. The fourth-order valence-electron chi connectivity index (χ4n) is 10.3. The lowest BCUT2D eigenvalue weighted by molar-refractivity contribution is -0.359. The molecule has 12 unspecified atom stereocenters. The molecule has 520 valence electrons. The molecule has 0 spiro atoms. The van der Waals surface area contributed by atoms with Crippen LogP contribution < -0.4 is 5.32 Å². The molecular formula is C78H125NO13. The monoisotopic (exact) mass is 1280 g/mol. The average molecular weight is 1280 g/mol. The lowest BCUT2D eigenvalue weighted by Gasteiger charge is -2.46. The molecule has 14 heteroatoms. The molecule has 0 bridgehead atoms. The maximum Gasteiger partial charge on any atom is 0.220 e. The summed E-state index contributed by atoms with van der Waals surface area (Å²) in [6, 6.07) is -0.969. The Bertz CT molecular complexity index is 2200. The summed E-state index contributed by atoms with van der Waals surface area (Å²) in [7, 11) is 0. The molecule has 0 aromatic heterocycles. The van der Waals surface area contributed by atoms with Crippen LogP contribution in [0.5, 0.6) is 0 Å². The van der Waals surface area contributed by atoms with Gasteiger partial charge in [0.25, 0.3) is 0 Å². The third-order valence-corrected chi connectivity index (χ3v) is 15.9. The Morgan fingerprint density at radius 2 is 0.761 bits per heavy atom. The summed E-state index contributed by atoms with van der Waals surface area (Å²) in [5.41, 5.74) is 0. The molecule has 9 N–H and O–H groups in total. The van der Waals surface area contributed by atoms with Gasteiger partial charge in [0, 0.05) is 6.42 Å². The van der Waals surface area contributed by atoms with Crippen molar-refractivity contribution in [2.45, 2.75) is 293 Å². The first-order chi connectivity index (χ1) is 45.1. The van der Waals surface area contributed by atoms with Crippen LogP contribution in [0.3, 0.4) is 0 Å². The van der Waals surface area contributed by atoms with Gasteiger partial charge in [-0.05, 0) is 122 Å². The van der Waals surface area contributed by atoms with E-state index in [-0.39, 0.29) is 18.9 Å². The van der Waals surface area contributed by atoms with E-state index in [1.165, 1.54) is 83.5 Å². The van der Waals surface area contributed by atoms with Gasteiger partial charge in [-0.3, -0.25) is 4.79 Å². The highest BCUT2D eigenvalue weighted by atomic mass is 16.7. The molecule has 2 saturated heterocycles. The Morgan fingerprint density at radius 1 is 0.402 bits per heavy atom. The largest absolute Gasteiger partial charge is 0.394 e. The normalized spacial score (nSPS) is 23.8. The van der Waals surface area contributed by atoms with Gasteiger partial charge in [-0.1, -0.05) is 261 Å². The van der Waals surface area contributed by atoms with Crippen LogP contribution in [0.1, 0.15) is 219 Å². The Morgan fingerprint density at radius 3 is 1.20 bits per heavy atom. The number of ether oxygens (including phenoxy) is 4. The quantitative estimate of drug-likeness (QED) is 0.0204. The van der Waals surface area contributed by atoms with Crippen molar-refractivity contribution < 1.29 is 64.6 Å². The van der Waals surface area contributed by atoms with E-state index in [0.717, 1.165) is 103 Å². The maximum absolute atomic E-state index is 13.3. The van der Waals surface area contributed by atoms with Crippen LogP contribution in [-0.2, 0) is 23.7 Å². The lowest BCUT2D eigenvalue weighted by atomic mass is 9.97. The summed E-state index contributed by atoms with van der Waals surface area (Å²) in [6.45, 7) is 2.63. The number of rotatable bonds is 55. The van der Waals surface area contributed by atoms with E-state index < -0.39 is 86.8 Å². The van der Waals surface area contributed by atoms with Crippen molar-refractivity contribution >= 4 is 5.91 Å². The van der Waals surface area contributed by atoms with Gasteiger partial charge in [0.2, 0.25) is 5.91 Å². The molecule has 2 fully saturated rings. The Kier molecular flexibility index (Phi) is 54.5. The van der Waals surface area contributed by atoms with Gasteiger partial charge >= 0.3 is 0 Å². The van der Waals surface area contributed by atoms with Crippen LogP contribution in [-0.4, -0.2) is 140 Å². The molecule has 2 rings (SSSR count). The predicted octanol–water partition coefficient (Wildman–Crippen LogP) is 14.8. The molecule has 92 heavy (non-hydrogen) atoms. The van der Waals surface area contributed by atoms with Gasteiger partial charge in [0.05, 0.1) is 32.0 Å². The highest BCUT2D eigenvalue weighted by Gasteiger charge is 2.51. The number of carbonyl (C=O) groups excluding carboxylic acids is 1. The summed E-state index contributed by atoms with van der Waals surface area (Å²) in [5.74, 6) is -0.298. The van der Waals surface area contributed by atoms with Crippen LogP contribution in [0.15, 0.2) is 170 Å². The van der Waals surface area contributed by atoms with Gasteiger partial charge in [0.1, 0.15) is 48.8 Å². The molecule has 0 saturated carbocycles. The van der Waals surface area contributed by atoms with Crippen molar-refractivity contribution in [3.8, 4) is 0 Å². The summed E-state index contributed by atoms with van der Waals surface area (Å²) >= 11 is 0. The van der Waals surface area contributed by atoms with Gasteiger partial charge in [-0.2, -0.15) is 0 Å². The number of allylic oxidation sites excluding steroid dienone is 27. The van der Waals surface area contributed by atoms with Crippen molar-refractivity contribution in [1.29, 1.82) is 0 Å². The highest BCUT2D eigenvalue weighted by Crippen LogP contribution is 2.30. The highest BCUT2D eigenvalue weighted by molar-refractivity contribution is 5.76. The van der Waals surface area contributed by atoms with E-state index in [4.69, 9.17) is 18.9 Å². The third kappa shape index (κ3) is 43.4. The minimum atomic E-state index is -1.80.